The van der Waals surface area contributed by atoms with Gasteiger partial charge in [-0.1, -0.05) is 6.07 Å². The first-order chi connectivity index (χ1) is 15.0. The normalized spacial score (nSPS) is 14.3. The molecule has 4 rings (SSSR count). The van der Waals surface area contributed by atoms with Gasteiger partial charge in [0, 0.05) is 25.1 Å². The molecule has 1 aliphatic heterocycles. The van der Waals surface area contributed by atoms with Gasteiger partial charge >= 0.3 is 0 Å². The number of furan rings is 1. The van der Waals surface area contributed by atoms with Crippen molar-refractivity contribution in [1.82, 2.24) is 9.88 Å². The molecule has 0 bridgehead atoms. The number of aromatic nitrogens is 1. The van der Waals surface area contributed by atoms with E-state index in [4.69, 9.17) is 9.15 Å². The van der Waals surface area contributed by atoms with Crippen LogP contribution in [0.1, 0.15) is 34.5 Å². The van der Waals surface area contributed by atoms with E-state index < -0.39 is 0 Å². The highest BCUT2D eigenvalue weighted by Gasteiger charge is 2.28. The van der Waals surface area contributed by atoms with Crippen molar-refractivity contribution in [2.24, 2.45) is 5.92 Å². The summed E-state index contributed by atoms with van der Waals surface area (Å²) in [4.78, 5) is 31.0. The van der Waals surface area contributed by atoms with Gasteiger partial charge in [-0.2, -0.15) is 0 Å². The number of amides is 2. The topological polar surface area (TPSA) is 84.7 Å². The highest BCUT2D eigenvalue weighted by atomic mass is 16.5. The number of benzene rings is 1. The van der Waals surface area contributed by atoms with Crippen molar-refractivity contribution in [2.75, 3.05) is 18.4 Å². The van der Waals surface area contributed by atoms with E-state index in [0.717, 1.165) is 11.3 Å². The molecular formula is C24H25N3O4. The minimum Gasteiger partial charge on any atom is -0.459 e. The number of carbonyl (C=O) groups excluding carboxylic acids is 2. The molecule has 1 aliphatic rings. The molecule has 0 saturated carbocycles. The standard InChI is InChI=1S/C24H25N3O4/c1-16-5-7-20(14-17(16)2)31-22-8-6-19(15-25-22)26-23(28)18-9-11-27(12-10-18)24(29)21-4-3-13-30-21/h3-8,13-15,18H,9-12H2,1-2H3,(H,26,28). The van der Waals surface area contributed by atoms with E-state index in [9.17, 15) is 9.59 Å². The smallest absolute Gasteiger partial charge is 0.289 e. The Labute approximate surface area is 181 Å². The number of ether oxygens (including phenoxy) is 1. The van der Waals surface area contributed by atoms with Gasteiger partial charge in [0.2, 0.25) is 11.8 Å². The molecule has 3 heterocycles. The minimum absolute atomic E-state index is 0.0604. The zero-order chi connectivity index (χ0) is 21.8. The maximum atomic E-state index is 12.6. The maximum absolute atomic E-state index is 12.6. The van der Waals surface area contributed by atoms with Crippen LogP contribution in [0.2, 0.25) is 0 Å². The fourth-order valence-corrected chi connectivity index (χ4v) is 3.56. The van der Waals surface area contributed by atoms with Crippen LogP contribution in [0.15, 0.2) is 59.3 Å². The lowest BCUT2D eigenvalue weighted by Gasteiger charge is -2.30. The Morgan fingerprint density at radius 3 is 2.55 bits per heavy atom. The maximum Gasteiger partial charge on any atom is 0.289 e. The first kappa shape index (κ1) is 20.7. The zero-order valence-corrected chi connectivity index (χ0v) is 17.6. The molecule has 0 unspecified atom stereocenters. The van der Waals surface area contributed by atoms with Crippen molar-refractivity contribution < 1.29 is 18.7 Å². The number of likely N-dealkylation sites (tertiary alicyclic amines) is 1. The number of carbonyl (C=O) groups is 2. The highest BCUT2D eigenvalue weighted by Crippen LogP contribution is 2.24. The molecular weight excluding hydrogens is 394 g/mol. The highest BCUT2D eigenvalue weighted by molar-refractivity contribution is 5.93. The number of pyridine rings is 1. The van der Waals surface area contributed by atoms with Crippen LogP contribution in [0.3, 0.4) is 0 Å². The number of rotatable bonds is 5. The van der Waals surface area contributed by atoms with Gasteiger partial charge in [0.25, 0.3) is 5.91 Å². The van der Waals surface area contributed by atoms with Crippen LogP contribution in [0, 0.1) is 19.8 Å². The Balaban J connectivity index is 1.29. The molecule has 0 spiro atoms. The molecule has 7 heteroatoms. The number of hydrogen-bond acceptors (Lipinski definition) is 5. The van der Waals surface area contributed by atoms with Crippen molar-refractivity contribution in [3.05, 3.63) is 71.8 Å². The predicted octanol–water partition coefficient (Wildman–Crippen LogP) is 4.57. The Hall–Kier alpha value is -3.61. The third-order valence-electron chi connectivity index (χ3n) is 5.59. The lowest BCUT2D eigenvalue weighted by Crippen LogP contribution is -2.41. The predicted molar refractivity (Wildman–Crippen MR) is 116 cm³/mol. The summed E-state index contributed by atoms with van der Waals surface area (Å²) in [6, 6.07) is 12.7. The van der Waals surface area contributed by atoms with Crippen molar-refractivity contribution in [2.45, 2.75) is 26.7 Å². The van der Waals surface area contributed by atoms with Gasteiger partial charge in [-0.05, 0) is 68.1 Å². The Morgan fingerprint density at radius 1 is 1.10 bits per heavy atom. The number of hydrogen-bond donors (Lipinski definition) is 1. The van der Waals surface area contributed by atoms with Gasteiger partial charge in [-0.15, -0.1) is 0 Å². The zero-order valence-electron chi connectivity index (χ0n) is 17.6. The molecule has 0 atom stereocenters. The Morgan fingerprint density at radius 2 is 1.90 bits per heavy atom. The molecule has 160 valence electrons. The van der Waals surface area contributed by atoms with Crippen molar-refractivity contribution in [3.63, 3.8) is 0 Å². The Kier molecular flexibility index (Phi) is 6.02. The number of piperidine rings is 1. The molecule has 2 aromatic heterocycles. The third-order valence-corrected chi connectivity index (χ3v) is 5.59. The summed E-state index contributed by atoms with van der Waals surface area (Å²) >= 11 is 0. The third kappa shape index (κ3) is 4.94. The van der Waals surface area contributed by atoms with Crippen LogP contribution < -0.4 is 10.1 Å². The number of aryl methyl sites for hydroxylation is 2. The van der Waals surface area contributed by atoms with Crippen LogP contribution >= 0.6 is 0 Å². The van der Waals surface area contributed by atoms with E-state index in [0.29, 0.717) is 43.3 Å². The monoisotopic (exact) mass is 419 g/mol. The molecule has 31 heavy (non-hydrogen) atoms. The number of nitrogens with one attached hydrogen (secondary N) is 1. The van der Waals surface area contributed by atoms with Crippen LogP contribution in [0.5, 0.6) is 11.6 Å². The van der Waals surface area contributed by atoms with E-state index in [-0.39, 0.29) is 17.7 Å². The molecule has 1 saturated heterocycles. The number of anilines is 1. The summed E-state index contributed by atoms with van der Waals surface area (Å²) in [5, 5.41) is 2.91. The van der Waals surface area contributed by atoms with E-state index in [1.807, 2.05) is 25.1 Å². The summed E-state index contributed by atoms with van der Waals surface area (Å²) < 4.78 is 11.0. The van der Waals surface area contributed by atoms with E-state index in [1.165, 1.54) is 11.8 Å². The van der Waals surface area contributed by atoms with Crippen LogP contribution in [0.4, 0.5) is 5.69 Å². The Bertz CT molecular complexity index is 1050. The van der Waals surface area contributed by atoms with Crippen molar-refractivity contribution >= 4 is 17.5 Å². The summed E-state index contributed by atoms with van der Waals surface area (Å²) in [6.45, 7) is 5.14. The lowest BCUT2D eigenvalue weighted by molar-refractivity contribution is -0.121. The summed E-state index contributed by atoms with van der Waals surface area (Å²) in [5.41, 5.74) is 2.97. The van der Waals surface area contributed by atoms with Gasteiger partial charge in [0.1, 0.15) is 5.75 Å². The molecule has 7 nitrogen and oxygen atoms in total. The van der Waals surface area contributed by atoms with Gasteiger partial charge in [0.05, 0.1) is 18.1 Å². The lowest BCUT2D eigenvalue weighted by atomic mass is 9.95. The van der Waals surface area contributed by atoms with Crippen molar-refractivity contribution in [1.29, 1.82) is 0 Å². The first-order valence-corrected chi connectivity index (χ1v) is 10.3. The van der Waals surface area contributed by atoms with E-state index in [2.05, 4.69) is 17.2 Å². The molecule has 0 radical (unpaired) electrons. The molecule has 3 aromatic rings. The van der Waals surface area contributed by atoms with E-state index >= 15 is 0 Å². The molecule has 1 N–H and O–H groups in total. The fourth-order valence-electron chi connectivity index (χ4n) is 3.56. The second-order valence-electron chi connectivity index (χ2n) is 7.77. The average molecular weight is 419 g/mol. The summed E-state index contributed by atoms with van der Waals surface area (Å²) in [7, 11) is 0. The largest absolute Gasteiger partial charge is 0.459 e. The minimum atomic E-state index is -0.146. The molecule has 1 aromatic carbocycles. The van der Waals surface area contributed by atoms with E-state index in [1.54, 1.807) is 35.4 Å². The summed E-state index contributed by atoms with van der Waals surface area (Å²) in [6.07, 6.45) is 4.29. The van der Waals surface area contributed by atoms with Crippen molar-refractivity contribution in [3.8, 4) is 11.6 Å². The van der Waals surface area contributed by atoms with Gasteiger partial charge in [-0.3, -0.25) is 9.59 Å². The number of nitrogens with zero attached hydrogens (tertiary/aromatic N) is 2. The average Bonchev–Trinajstić information content (AvgIpc) is 3.32. The SMILES string of the molecule is Cc1ccc(Oc2ccc(NC(=O)C3CCN(C(=O)c4ccco4)CC3)cn2)cc1C. The fraction of sp³-hybridized carbons (Fsp3) is 0.292. The van der Waals surface area contributed by atoms with Crippen LogP contribution in [-0.4, -0.2) is 34.8 Å². The molecule has 2 amide bonds. The molecule has 1 fully saturated rings. The van der Waals surface area contributed by atoms with Crippen LogP contribution in [0.25, 0.3) is 0 Å². The van der Waals surface area contributed by atoms with Crippen LogP contribution in [-0.2, 0) is 4.79 Å². The second kappa shape index (κ2) is 9.04. The van der Waals surface area contributed by atoms with Gasteiger partial charge in [-0.25, -0.2) is 4.98 Å². The van der Waals surface area contributed by atoms with Gasteiger partial charge in [0.15, 0.2) is 5.76 Å². The quantitative estimate of drug-likeness (QED) is 0.655. The second-order valence-corrected chi connectivity index (χ2v) is 7.77. The van der Waals surface area contributed by atoms with Gasteiger partial charge < -0.3 is 19.4 Å². The summed E-state index contributed by atoms with van der Waals surface area (Å²) in [5.74, 6) is 1.18. The molecule has 0 aliphatic carbocycles. The first-order valence-electron chi connectivity index (χ1n) is 10.3.